The SMILES string of the molecule is CCOC(=O)CCCCCCN(CCCC(O)COc1cccc(Cl)c1)S(C)(=O)=O. The Morgan fingerprint density at radius 3 is 2.53 bits per heavy atom. The van der Waals surface area contributed by atoms with Crippen LogP contribution in [0.1, 0.15) is 51.9 Å². The Morgan fingerprint density at radius 2 is 1.87 bits per heavy atom. The molecule has 0 radical (unpaired) electrons. The first kappa shape index (κ1) is 26.7. The van der Waals surface area contributed by atoms with Crippen molar-refractivity contribution in [2.45, 2.75) is 58.0 Å². The van der Waals surface area contributed by atoms with Crippen LogP contribution in [0.25, 0.3) is 0 Å². The Bertz CT molecular complexity index is 728. The van der Waals surface area contributed by atoms with Crippen LogP contribution in [0.15, 0.2) is 24.3 Å². The molecule has 0 aliphatic rings. The number of rotatable bonds is 16. The summed E-state index contributed by atoms with van der Waals surface area (Å²) in [6.45, 7) is 3.09. The number of hydrogen-bond acceptors (Lipinski definition) is 6. The minimum atomic E-state index is -3.30. The topological polar surface area (TPSA) is 93.1 Å². The molecule has 0 aromatic heterocycles. The zero-order chi connectivity index (χ0) is 22.4. The van der Waals surface area contributed by atoms with Crippen LogP contribution in [0.2, 0.25) is 5.02 Å². The van der Waals surface area contributed by atoms with Crippen molar-refractivity contribution in [3.8, 4) is 5.75 Å². The van der Waals surface area contributed by atoms with Crippen LogP contribution in [-0.2, 0) is 19.6 Å². The predicted octanol–water partition coefficient (Wildman–Crippen LogP) is 3.64. The number of benzene rings is 1. The molecule has 0 heterocycles. The average Bonchev–Trinajstić information content (AvgIpc) is 2.67. The fourth-order valence-electron chi connectivity index (χ4n) is 2.92. The van der Waals surface area contributed by atoms with Gasteiger partial charge in [-0.2, -0.15) is 0 Å². The summed E-state index contributed by atoms with van der Waals surface area (Å²) in [5.74, 6) is 0.399. The molecule has 1 N–H and O–H groups in total. The number of halogens is 1. The van der Waals surface area contributed by atoms with E-state index in [1.165, 1.54) is 10.6 Å². The molecule has 0 saturated heterocycles. The first-order valence-electron chi connectivity index (χ1n) is 10.4. The molecule has 1 aromatic carbocycles. The summed E-state index contributed by atoms with van der Waals surface area (Å²) in [4.78, 5) is 11.3. The molecule has 0 amide bonds. The minimum Gasteiger partial charge on any atom is -0.491 e. The van der Waals surface area contributed by atoms with Crippen molar-refractivity contribution in [2.24, 2.45) is 0 Å². The van der Waals surface area contributed by atoms with Gasteiger partial charge in [-0.05, 0) is 50.8 Å². The van der Waals surface area contributed by atoms with Gasteiger partial charge in [0, 0.05) is 24.5 Å². The number of aliphatic hydroxyl groups is 1. The van der Waals surface area contributed by atoms with Gasteiger partial charge in [-0.3, -0.25) is 4.79 Å². The Kier molecular flexibility index (Phi) is 13.0. The van der Waals surface area contributed by atoms with E-state index in [0.717, 1.165) is 25.7 Å². The zero-order valence-corrected chi connectivity index (χ0v) is 19.5. The van der Waals surface area contributed by atoms with Crippen LogP contribution in [0.5, 0.6) is 5.75 Å². The molecule has 0 aliphatic carbocycles. The largest absolute Gasteiger partial charge is 0.491 e. The van der Waals surface area contributed by atoms with Gasteiger partial charge in [0.25, 0.3) is 0 Å². The van der Waals surface area contributed by atoms with Crippen LogP contribution in [-0.4, -0.2) is 62.5 Å². The van der Waals surface area contributed by atoms with Crippen LogP contribution >= 0.6 is 11.6 Å². The Morgan fingerprint density at radius 1 is 1.17 bits per heavy atom. The molecule has 1 atom stereocenters. The second-order valence-corrected chi connectivity index (χ2v) is 9.61. The van der Waals surface area contributed by atoms with Gasteiger partial charge in [-0.1, -0.05) is 30.5 Å². The lowest BCUT2D eigenvalue weighted by Gasteiger charge is -2.20. The van der Waals surface area contributed by atoms with Crippen LogP contribution in [0, 0.1) is 0 Å². The van der Waals surface area contributed by atoms with E-state index < -0.39 is 16.1 Å². The summed E-state index contributed by atoms with van der Waals surface area (Å²) in [6, 6.07) is 6.94. The summed E-state index contributed by atoms with van der Waals surface area (Å²) in [7, 11) is -3.30. The Labute approximate surface area is 185 Å². The molecule has 0 fully saturated rings. The molecule has 0 bridgehead atoms. The van der Waals surface area contributed by atoms with Gasteiger partial charge in [0.1, 0.15) is 12.4 Å². The van der Waals surface area contributed by atoms with Gasteiger partial charge in [-0.15, -0.1) is 0 Å². The van der Waals surface area contributed by atoms with Gasteiger partial charge in [-0.25, -0.2) is 12.7 Å². The molecule has 0 spiro atoms. The van der Waals surface area contributed by atoms with Gasteiger partial charge in [0.2, 0.25) is 10.0 Å². The zero-order valence-electron chi connectivity index (χ0n) is 17.9. The standard InChI is InChI=1S/C21H34ClNO6S/c1-3-28-21(25)13-6-4-5-7-14-23(30(2,26)27)15-9-11-19(24)17-29-20-12-8-10-18(22)16-20/h8,10,12,16,19,24H,3-7,9,11,13-15,17H2,1-2H3. The summed E-state index contributed by atoms with van der Waals surface area (Å²) < 4.78 is 35.8. The molecule has 9 heteroatoms. The molecule has 172 valence electrons. The number of ether oxygens (including phenoxy) is 2. The van der Waals surface area contributed by atoms with Crippen molar-refractivity contribution in [3.63, 3.8) is 0 Å². The Balaban J connectivity index is 2.25. The minimum absolute atomic E-state index is 0.125. The quantitative estimate of drug-likeness (QED) is 0.297. The molecular weight excluding hydrogens is 430 g/mol. The fraction of sp³-hybridized carbons (Fsp3) is 0.667. The number of sulfonamides is 1. The first-order chi connectivity index (χ1) is 14.2. The van der Waals surface area contributed by atoms with Crippen molar-refractivity contribution in [1.29, 1.82) is 0 Å². The third-order valence-corrected chi connectivity index (χ3v) is 6.03. The smallest absolute Gasteiger partial charge is 0.305 e. The maximum absolute atomic E-state index is 12.0. The maximum Gasteiger partial charge on any atom is 0.305 e. The number of aliphatic hydroxyl groups excluding tert-OH is 1. The van der Waals surface area contributed by atoms with E-state index >= 15 is 0 Å². The van der Waals surface area contributed by atoms with E-state index in [-0.39, 0.29) is 12.6 Å². The highest BCUT2D eigenvalue weighted by atomic mass is 35.5. The number of nitrogens with zero attached hydrogens (tertiary/aromatic N) is 1. The highest BCUT2D eigenvalue weighted by Gasteiger charge is 2.16. The summed E-state index contributed by atoms with van der Waals surface area (Å²) in [5, 5.41) is 10.6. The van der Waals surface area contributed by atoms with Gasteiger partial charge in [0.05, 0.1) is 19.0 Å². The van der Waals surface area contributed by atoms with Crippen molar-refractivity contribution in [2.75, 3.05) is 32.6 Å². The number of hydrogen-bond donors (Lipinski definition) is 1. The summed E-state index contributed by atoms with van der Waals surface area (Å²) in [6.07, 6.45) is 5.07. The van der Waals surface area contributed by atoms with Crippen molar-refractivity contribution in [1.82, 2.24) is 4.31 Å². The fourth-order valence-corrected chi connectivity index (χ4v) is 4.03. The molecule has 7 nitrogen and oxygen atoms in total. The normalized spacial score (nSPS) is 12.7. The third-order valence-electron chi connectivity index (χ3n) is 4.50. The molecule has 1 unspecified atom stereocenters. The third kappa shape index (κ3) is 12.4. The molecule has 1 rings (SSSR count). The maximum atomic E-state index is 12.0. The highest BCUT2D eigenvalue weighted by molar-refractivity contribution is 7.88. The number of carbonyl (C=O) groups is 1. The monoisotopic (exact) mass is 463 g/mol. The summed E-state index contributed by atoms with van der Waals surface area (Å²) in [5.41, 5.74) is 0. The van der Waals surface area contributed by atoms with Crippen molar-refractivity contribution >= 4 is 27.6 Å². The van der Waals surface area contributed by atoms with E-state index in [4.69, 9.17) is 21.1 Å². The van der Waals surface area contributed by atoms with Crippen molar-refractivity contribution in [3.05, 3.63) is 29.3 Å². The number of unbranched alkanes of at least 4 members (excludes halogenated alkanes) is 3. The van der Waals surface area contributed by atoms with E-state index in [1.807, 2.05) is 0 Å². The van der Waals surface area contributed by atoms with Crippen LogP contribution in [0.3, 0.4) is 0 Å². The molecule has 0 aliphatic heterocycles. The van der Waals surface area contributed by atoms with Crippen molar-refractivity contribution < 1.29 is 27.8 Å². The van der Waals surface area contributed by atoms with E-state index in [2.05, 4.69) is 0 Å². The lowest BCUT2D eigenvalue weighted by molar-refractivity contribution is -0.143. The van der Waals surface area contributed by atoms with E-state index in [9.17, 15) is 18.3 Å². The van der Waals surface area contributed by atoms with E-state index in [0.29, 0.717) is 49.7 Å². The van der Waals surface area contributed by atoms with E-state index in [1.54, 1.807) is 31.2 Å². The second kappa shape index (κ2) is 14.6. The summed E-state index contributed by atoms with van der Waals surface area (Å²) >= 11 is 5.89. The van der Waals surface area contributed by atoms with Gasteiger partial charge in [0.15, 0.2) is 0 Å². The average molecular weight is 464 g/mol. The van der Waals surface area contributed by atoms with Gasteiger partial charge < -0.3 is 14.6 Å². The van der Waals surface area contributed by atoms with Crippen LogP contribution < -0.4 is 4.74 Å². The lowest BCUT2D eigenvalue weighted by atomic mass is 10.1. The molecular formula is C21H34ClNO6S. The number of esters is 1. The predicted molar refractivity (Wildman–Crippen MR) is 118 cm³/mol. The lowest BCUT2D eigenvalue weighted by Crippen LogP contribution is -2.32. The molecule has 1 aromatic rings. The Hall–Kier alpha value is -1.35. The molecule has 30 heavy (non-hydrogen) atoms. The second-order valence-electron chi connectivity index (χ2n) is 7.20. The highest BCUT2D eigenvalue weighted by Crippen LogP contribution is 2.17. The first-order valence-corrected chi connectivity index (χ1v) is 12.6. The number of carbonyl (C=O) groups excluding carboxylic acids is 1. The molecule has 0 saturated carbocycles. The van der Waals surface area contributed by atoms with Gasteiger partial charge >= 0.3 is 5.97 Å². The van der Waals surface area contributed by atoms with Crippen LogP contribution in [0.4, 0.5) is 0 Å².